The molecule has 0 atom stereocenters. The molecule has 0 radical (unpaired) electrons. The molecule has 3 nitrogen and oxygen atoms in total. The minimum Gasteiger partial charge on any atom is -0.496 e. The zero-order chi connectivity index (χ0) is 12.0. The van der Waals surface area contributed by atoms with Crippen LogP contribution in [0.2, 0.25) is 0 Å². The number of carboxylic acids is 1. The van der Waals surface area contributed by atoms with Crippen LogP contribution >= 0.6 is 15.9 Å². The molecule has 0 saturated heterocycles. The SMILES string of the molecule is COc1ccc(/C=C/CCC(=O)O)cc1Br. The van der Waals surface area contributed by atoms with Gasteiger partial charge in [0.25, 0.3) is 0 Å². The maximum absolute atomic E-state index is 10.3. The molecule has 0 aliphatic carbocycles. The van der Waals surface area contributed by atoms with Crippen molar-refractivity contribution in [1.82, 2.24) is 0 Å². The number of carbonyl (C=O) groups is 1. The molecule has 1 aromatic carbocycles. The first-order valence-corrected chi connectivity index (χ1v) is 5.64. The van der Waals surface area contributed by atoms with Gasteiger partial charge in [0.1, 0.15) is 5.75 Å². The van der Waals surface area contributed by atoms with E-state index in [1.165, 1.54) is 0 Å². The first-order valence-electron chi connectivity index (χ1n) is 4.85. The van der Waals surface area contributed by atoms with E-state index in [1.807, 2.05) is 30.4 Å². The number of ether oxygens (including phenoxy) is 1. The van der Waals surface area contributed by atoms with E-state index in [-0.39, 0.29) is 6.42 Å². The van der Waals surface area contributed by atoms with E-state index in [9.17, 15) is 4.79 Å². The molecule has 0 spiro atoms. The van der Waals surface area contributed by atoms with Crippen molar-refractivity contribution in [2.75, 3.05) is 7.11 Å². The Morgan fingerprint density at radius 1 is 1.56 bits per heavy atom. The maximum Gasteiger partial charge on any atom is 0.303 e. The van der Waals surface area contributed by atoms with Crippen LogP contribution in [0.3, 0.4) is 0 Å². The van der Waals surface area contributed by atoms with Crippen LogP contribution in [-0.2, 0) is 4.79 Å². The highest BCUT2D eigenvalue weighted by Crippen LogP contribution is 2.25. The fourth-order valence-electron chi connectivity index (χ4n) is 1.21. The van der Waals surface area contributed by atoms with Gasteiger partial charge in [0, 0.05) is 6.42 Å². The quantitative estimate of drug-likeness (QED) is 0.902. The average molecular weight is 285 g/mol. The lowest BCUT2D eigenvalue weighted by molar-refractivity contribution is -0.136. The molecule has 0 amide bonds. The van der Waals surface area contributed by atoms with Gasteiger partial charge in [-0.05, 0) is 40.0 Å². The third-order valence-electron chi connectivity index (χ3n) is 2.01. The summed E-state index contributed by atoms with van der Waals surface area (Å²) in [6.07, 6.45) is 4.45. The predicted octanol–water partition coefficient (Wildman–Crippen LogP) is 3.34. The van der Waals surface area contributed by atoms with Crippen molar-refractivity contribution >= 4 is 28.0 Å². The third-order valence-corrected chi connectivity index (χ3v) is 2.63. The Kier molecular flexibility index (Phi) is 5.05. The van der Waals surface area contributed by atoms with Crippen molar-refractivity contribution in [3.8, 4) is 5.75 Å². The molecule has 0 bridgehead atoms. The molecule has 0 aliphatic rings. The summed E-state index contributed by atoms with van der Waals surface area (Å²) in [5.74, 6) is 0.00301. The number of aliphatic carboxylic acids is 1. The molecule has 4 heteroatoms. The van der Waals surface area contributed by atoms with Gasteiger partial charge in [0.05, 0.1) is 11.6 Å². The van der Waals surface area contributed by atoms with Gasteiger partial charge < -0.3 is 9.84 Å². The summed E-state index contributed by atoms with van der Waals surface area (Å²) in [6.45, 7) is 0. The van der Waals surface area contributed by atoms with Gasteiger partial charge in [-0.3, -0.25) is 4.79 Å². The molecule has 1 aromatic rings. The summed E-state index contributed by atoms with van der Waals surface area (Å²) < 4.78 is 5.99. The summed E-state index contributed by atoms with van der Waals surface area (Å²) in [4.78, 5) is 10.3. The molecule has 1 rings (SSSR count). The first-order chi connectivity index (χ1) is 7.63. The van der Waals surface area contributed by atoms with Crippen LogP contribution in [0.15, 0.2) is 28.7 Å². The van der Waals surface area contributed by atoms with Crippen LogP contribution < -0.4 is 4.74 Å². The zero-order valence-electron chi connectivity index (χ0n) is 8.94. The molecule has 16 heavy (non-hydrogen) atoms. The fourth-order valence-corrected chi connectivity index (χ4v) is 1.77. The highest BCUT2D eigenvalue weighted by Gasteiger charge is 1.99. The number of hydrogen-bond donors (Lipinski definition) is 1. The number of carboxylic acid groups (broad SMARTS) is 1. The Bertz CT molecular complexity index is 399. The Morgan fingerprint density at radius 2 is 2.31 bits per heavy atom. The minimum absolute atomic E-state index is 0.161. The van der Waals surface area contributed by atoms with E-state index in [4.69, 9.17) is 9.84 Å². The summed E-state index contributed by atoms with van der Waals surface area (Å²) >= 11 is 3.39. The van der Waals surface area contributed by atoms with Crippen LogP contribution in [0, 0.1) is 0 Å². The molecule has 0 unspecified atom stereocenters. The van der Waals surface area contributed by atoms with E-state index >= 15 is 0 Å². The maximum atomic E-state index is 10.3. The van der Waals surface area contributed by atoms with Crippen molar-refractivity contribution < 1.29 is 14.6 Å². The van der Waals surface area contributed by atoms with Gasteiger partial charge in [0.15, 0.2) is 0 Å². The largest absolute Gasteiger partial charge is 0.496 e. The second-order valence-corrected chi connectivity index (χ2v) is 4.08. The van der Waals surface area contributed by atoms with E-state index in [2.05, 4.69) is 15.9 Å². The second kappa shape index (κ2) is 6.33. The monoisotopic (exact) mass is 284 g/mol. The fraction of sp³-hybridized carbons (Fsp3) is 0.250. The van der Waals surface area contributed by atoms with Crippen LogP contribution in [0.1, 0.15) is 18.4 Å². The van der Waals surface area contributed by atoms with Gasteiger partial charge >= 0.3 is 5.97 Å². The predicted molar refractivity (Wildman–Crippen MR) is 66.6 cm³/mol. The normalized spacial score (nSPS) is 10.6. The van der Waals surface area contributed by atoms with E-state index < -0.39 is 5.97 Å². The molecule has 0 aliphatic heterocycles. The zero-order valence-corrected chi connectivity index (χ0v) is 10.5. The van der Waals surface area contributed by atoms with Crippen molar-refractivity contribution in [2.24, 2.45) is 0 Å². The molecule has 1 N–H and O–H groups in total. The van der Waals surface area contributed by atoms with Crippen LogP contribution in [0.25, 0.3) is 6.08 Å². The smallest absolute Gasteiger partial charge is 0.303 e. The first kappa shape index (κ1) is 12.8. The van der Waals surface area contributed by atoms with E-state index in [1.54, 1.807) is 7.11 Å². The summed E-state index contributed by atoms with van der Waals surface area (Å²) in [7, 11) is 1.61. The Balaban J connectivity index is 2.61. The van der Waals surface area contributed by atoms with E-state index in [0.717, 1.165) is 15.8 Å². The summed E-state index contributed by atoms with van der Waals surface area (Å²) in [6, 6.07) is 5.71. The van der Waals surface area contributed by atoms with Crippen LogP contribution in [-0.4, -0.2) is 18.2 Å². The van der Waals surface area contributed by atoms with Crippen molar-refractivity contribution in [3.05, 3.63) is 34.3 Å². The van der Waals surface area contributed by atoms with E-state index in [0.29, 0.717) is 6.42 Å². The number of allylic oxidation sites excluding steroid dienone is 1. The van der Waals surface area contributed by atoms with Crippen LogP contribution in [0.4, 0.5) is 0 Å². The molecule has 0 aromatic heterocycles. The number of hydrogen-bond acceptors (Lipinski definition) is 2. The summed E-state index contributed by atoms with van der Waals surface area (Å²) in [5.41, 5.74) is 1.01. The van der Waals surface area contributed by atoms with Gasteiger partial charge in [-0.15, -0.1) is 0 Å². The average Bonchev–Trinajstić information content (AvgIpc) is 2.24. The lowest BCUT2D eigenvalue weighted by Gasteiger charge is -2.03. The molecule has 86 valence electrons. The lowest BCUT2D eigenvalue weighted by Crippen LogP contribution is -1.91. The number of halogens is 1. The molecular weight excluding hydrogens is 272 g/mol. The third kappa shape index (κ3) is 4.06. The summed E-state index contributed by atoms with van der Waals surface area (Å²) in [5, 5.41) is 8.47. The minimum atomic E-state index is -0.777. The van der Waals surface area contributed by atoms with Crippen LogP contribution in [0.5, 0.6) is 5.75 Å². The number of benzene rings is 1. The molecule has 0 saturated carbocycles. The van der Waals surface area contributed by atoms with Crippen molar-refractivity contribution in [1.29, 1.82) is 0 Å². The lowest BCUT2D eigenvalue weighted by atomic mass is 10.2. The Hall–Kier alpha value is -1.29. The van der Waals surface area contributed by atoms with Gasteiger partial charge in [-0.2, -0.15) is 0 Å². The Morgan fingerprint density at radius 3 is 2.88 bits per heavy atom. The second-order valence-electron chi connectivity index (χ2n) is 3.23. The number of methoxy groups -OCH3 is 1. The Labute approximate surface area is 103 Å². The topological polar surface area (TPSA) is 46.5 Å². The number of rotatable bonds is 5. The standard InChI is InChI=1S/C12H13BrO3/c1-16-11-7-6-9(8-10(11)13)4-2-3-5-12(14)15/h2,4,6-8H,3,5H2,1H3,(H,14,15)/b4-2+. The molecule has 0 fully saturated rings. The van der Waals surface area contributed by atoms with Gasteiger partial charge in [-0.25, -0.2) is 0 Å². The highest BCUT2D eigenvalue weighted by atomic mass is 79.9. The van der Waals surface area contributed by atoms with Gasteiger partial charge in [-0.1, -0.05) is 18.2 Å². The molecule has 0 heterocycles. The molecular formula is C12H13BrO3. The van der Waals surface area contributed by atoms with Gasteiger partial charge in [0.2, 0.25) is 0 Å². The van der Waals surface area contributed by atoms with Crippen molar-refractivity contribution in [2.45, 2.75) is 12.8 Å². The van der Waals surface area contributed by atoms with Crippen molar-refractivity contribution in [3.63, 3.8) is 0 Å². The highest BCUT2D eigenvalue weighted by molar-refractivity contribution is 9.10.